The Morgan fingerprint density at radius 3 is 2.19 bits per heavy atom. The van der Waals surface area contributed by atoms with Gasteiger partial charge in [0.15, 0.2) is 5.78 Å². The molecule has 0 saturated heterocycles. The van der Waals surface area contributed by atoms with Crippen LogP contribution in [0, 0.1) is 0 Å². The van der Waals surface area contributed by atoms with Crippen LogP contribution in [0.25, 0.3) is 6.08 Å². The number of nitrogens with one attached hydrogen (secondary N) is 1. The van der Waals surface area contributed by atoms with Gasteiger partial charge in [0.05, 0.1) is 5.57 Å². The fraction of sp³-hybridized carbons (Fsp3) is 0.0588. The number of halogens is 1. The van der Waals surface area contributed by atoms with Gasteiger partial charge >= 0.3 is 0 Å². The van der Waals surface area contributed by atoms with Crippen molar-refractivity contribution in [1.29, 1.82) is 0 Å². The van der Waals surface area contributed by atoms with Gasteiger partial charge in [-0.15, -0.1) is 0 Å². The minimum Gasteiger partial charge on any atom is -0.322 e. The first-order valence-corrected chi connectivity index (χ1v) is 7.20. The standard InChI is InChI=1S/C17H14BrNO2/c1-12(20)16(11-13-7-9-14(18)10-8-13)17(21)19-15-5-3-2-4-6-15/h2-11H,1H3,(H,19,21)/b16-11-. The highest BCUT2D eigenvalue weighted by molar-refractivity contribution is 9.10. The largest absolute Gasteiger partial charge is 0.322 e. The lowest BCUT2D eigenvalue weighted by atomic mass is 10.1. The molecule has 0 fully saturated rings. The number of benzene rings is 2. The van der Waals surface area contributed by atoms with Gasteiger partial charge in [-0.2, -0.15) is 0 Å². The minimum atomic E-state index is -0.406. The average molecular weight is 344 g/mol. The van der Waals surface area contributed by atoms with E-state index in [-0.39, 0.29) is 11.4 Å². The van der Waals surface area contributed by atoms with E-state index in [2.05, 4.69) is 21.2 Å². The molecule has 2 rings (SSSR count). The summed E-state index contributed by atoms with van der Waals surface area (Å²) in [4.78, 5) is 23.9. The lowest BCUT2D eigenvalue weighted by Gasteiger charge is -2.06. The van der Waals surface area contributed by atoms with Crippen molar-refractivity contribution < 1.29 is 9.59 Å². The van der Waals surface area contributed by atoms with Crippen molar-refractivity contribution in [2.45, 2.75) is 6.92 Å². The summed E-state index contributed by atoms with van der Waals surface area (Å²) < 4.78 is 0.942. The van der Waals surface area contributed by atoms with Gasteiger partial charge in [-0.3, -0.25) is 9.59 Å². The topological polar surface area (TPSA) is 46.2 Å². The zero-order valence-electron chi connectivity index (χ0n) is 11.5. The molecule has 0 bridgehead atoms. The van der Waals surface area contributed by atoms with Crippen molar-refractivity contribution in [2.75, 3.05) is 5.32 Å². The summed E-state index contributed by atoms with van der Waals surface area (Å²) in [6, 6.07) is 16.4. The molecule has 0 atom stereocenters. The smallest absolute Gasteiger partial charge is 0.259 e. The molecule has 0 heterocycles. The summed E-state index contributed by atoms with van der Waals surface area (Å²) in [6.07, 6.45) is 1.59. The Morgan fingerprint density at radius 2 is 1.62 bits per heavy atom. The van der Waals surface area contributed by atoms with Crippen LogP contribution >= 0.6 is 15.9 Å². The van der Waals surface area contributed by atoms with Crippen LogP contribution < -0.4 is 5.32 Å². The maximum Gasteiger partial charge on any atom is 0.259 e. The molecule has 4 heteroatoms. The van der Waals surface area contributed by atoms with E-state index in [0.717, 1.165) is 10.0 Å². The van der Waals surface area contributed by atoms with Crippen LogP contribution in [0.4, 0.5) is 5.69 Å². The van der Waals surface area contributed by atoms with Gasteiger partial charge in [0.25, 0.3) is 5.91 Å². The van der Waals surface area contributed by atoms with Crippen LogP contribution in [-0.4, -0.2) is 11.7 Å². The molecule has 1 N–H and O–H groups in total. The Morgan fingerprint density at radius 1 is 1.00 bits per heavy atom. The van der Waals surface area contributed by atoms with E-state index in [1.165, 1.54) is 6.92 Å². The molecule has 0 saturated carbocycles. The van der Waals surface area contributed by atoms with Crippen molar-refractivity contribution in [2.24, 2.45) is 0 Å². The number of hydrogen-bond acceptors (Lipinski definition) is 2. The molecule has 0 aliphatic carbocycles. The van der Waals surface area contributed by atoms with Crippen molar-refractivity contribution in [3.63, 3.8) is 0 Å². The Labute approximate surface area is 131 Å². The van der Waals surface area contributed by atoms with Crippen molar-refractivity contribution in [1.82, 2.24) is 0 Å². The van der Waals surface area contributed by atoms with Crippen molar-refractivity contribution >= 4 is 39.4 Å². The van der Waals surface area contributed by atoms with Crippen molar-refractivity contribution in [3.8, 4) is 0 Å². The van der Waals surface area contributed by atoms with Crippen LogP contribution in [0.2, 0.25) is 0 Å². The monoisotopic (exact) mass is 343 g/mol. The molecule has 1 amide bonds. The zero-order valence-corrected chi connectivity index (χ0v) is 13.1. The van der Waals surface area contributed by atoms with Gasteiger partial charge in [0.2, 0.25) is 0 Å². The molecule has 0 spiro atoms. The third-order valence-corrected chi connectivity index (χ3v) is 3.37. The van der Waals surface area contributed by atoms with Crippen molar-refractivity contribution in [3.05, 3.63) is 70.2 Å². The van der Waals surface area contributed by atoms with Crippen LogP contribution in [0.5, 0.6) is 0 Å². The molecule has 2 aromatic carbocycles. The maximum atomic E-state index is 12.2. The fourth-order valence-electron chi connectivity index (χ4n) is 1.77. The highest BCUT2D eigenvalue weighted by atomic mass is 79.9. The number of rotatable bonds is 4. The Balaban J connectivity index is 2.24. The number of ketones is 1. The van der Waals surface area contributed by atoms with Gasteiger partial charge in [0, 0.05) is 10.2 Å². The summed E-state index contributed by atoms with van der Waals surface area (Å²) in [7, 11) is 0. The maximum absolute atomic E-state index is 12.2. The van der Waals surface area contributed by atoms with E-state index in [1.54, 1.807) is 18.2 Å². The molecule has 21 heavy (non-hydrogen) atoms. The number of hydrogen-bond donors (Lipinski definition) is 1. The number of anilines is 1. The Bertz CT molecular complexity index is 676. The quantitative estimate of drug-likeness (QED) is 0.517. The first kappa shape index (κ1) is 15.2. The third kappa shape index (κ3) is 4.39. The molecule has 0 aliphatic rings. The van der Waals surface area contributed by atoms with E-state index in [9.17, 15) is 9.59 Å². The number of carbonyl (C=O) groups excluding carboxylic acids is 2. The van der Waals surface area contributed by atoms with Gasteiger partial charge in [-0.05, 0) is 42.8 Å². The van der Waals surface area contributed by atoms with E-state index < -0.39 is 5.91 Å². The molecule has 2 aromatic rings. The summed E-state index contributed by atoms with van der Waals surface area (Å²) in [5.41, 5.74) is 1.58. The van der Waals surface area contributed by atoms with Crippen LogP contribution in [0.15, 0.2) is 64.6 Å². The van der Waals surface area contributed by atoms with E-state index in [0.29, 0.717) is 5.69 Å². The second-order valence-electron chi connectivity index (χ2n) is 4.49. The average Bonchev–Trinajstić information content (AvgIpc) is 2.47. The second kappa shape index (κ2) is 6.99. The third-order valence-electron chi connectivity index (χ3n) is 2.84. The molecule has 106 valence electrons. The number of para-hydroxylation sites is 1. The van der Waals surface area contributed by atoms with E-state index in [4.69, 9.17) is 0 Å². The van der Waals surface area contributed by atoms with Crippen LogP contribution in [0.3, 0.4) is 0 Å². The van der Waals surface area contributed by atoms with Gasteiger partial charge < -0.3 is 5.32 Å². The number of carbonyl (C=O) groups is 2. The highest BCUT2D eigenvalue weighted by Crippen LogP contribution is 2.15. The molecular formula is C17H14BrNO2. The second-order valence-corrected chi connectivity index (χ2v) is 5.40. The molecule has 0 unspecified atom stereocenters. The van der Waals surface area contributed by atoms with Gasteiger partial charge in [-0.1, -0.05) is 46.3 Å². The zero-order chi connectivity index (χ0) is 15.2. The first-order valence-electron chi connectivity index (χ1n) is 6.41. The molecule has 0 aliphatic heterocycles. The van der Waals surface area contributed by atoms with Gasteiger partial charge in [-0.25, -0.2) is 0 Å². The lowest BCUT2D eigenvalue weighted by molar-refractivity contribution is -0.118. The lowest BCUT2D eigenvalue weighted by Crippen LogP contribution is -2.18. The summed E-state index contributed by atoms with van der Waals surface area (Å²) in [6.45, 7) is 1.38. The molecular weight excluding hydrogens is 330 g/mol. The van der Waals surface area contributed by atoms with Crippen LogP contribution in [-0.2, 0) is 9.59 Å². The predicted molar refractivity (Wildman–Crippen MR) is 87.9 cm³/mol. The first-order chi connectivity index (χ1) is 10.1. The Hall–Kier alpha value is -2.20. The van der Waals surface area contributed by atoms with E-state index in [1.807, 2.05) is 42.5 Å². The molecule has 3 nitrogen and oxygen atoms in total. The molecule has 0 aromatic heterocycles. The Kier molecular flexibility index (Phi) is 5.06. The fourth-order valence-corrected chi connectivity index (χ4v) is 2.04. The van der Waals surface area contributed by atoms with Gasteiger partial charge in [0.1, 0.15) is 0 Å². The summed E-state index contributed by atoms with van der Waals surface area (Å²) >= 11 is 3.35. The number of Topliss-reactive ketones (excluding diaryl/α,β-unsaturated/α-hetero) is 1. The number of amides is 1. The predicted octanol–water partition coefficient (Wildman–Crippen LogP) is 4.06. The summed E-state index contributed by atoms with van der Waals surface area (Å²) in [5, 5.41) is 2.72. The minimum absolute atomic E-state index is 0.126. The highest BCUT2D eigenvalue weighted by Gasteiger charge is 2.14. The van der Waals surface area contributed by atoms with E-state index >= 15 is 0 Å². The SMILES string of the molecule is CC(=O)/C(=C/c1ccc(Br)cc1)C(=O)Nc1ccccc1. The normalized spacial score (nSPS) is 11.0. The molecule has 0 radical (unpaired) electrons. The summed E-state index contributed by atoms with van der Waals surface area (Å²) in [5.74, 6) is -0.678. The van der Waals surface area contributed by atoms with Crippen LogP contribution in [0.1, 0.15) is 12.5 Å².